The largest absolute Gasteiger partial charge is 0.311 e. The maximum atomic E-state index is 13.0. The lowest BCUT2D eigenvalue weighted by molar-refractivity contribution is -0.0765. The standard InChI is InChI=1S/C9H17F2N/c1-7(2)8(3)4-9(10,11)6-12-5-8/h7,12H,4-6H2,1-3H3. The first-order valence-corrected chi connectivity index (χ1v) is 4.44. The Bertz CT molecular complexity index is 168. The number of halogens is 2. The van der Waals surface area contributed by atoms with Crippen LogP contribution in [0.1, 0.15) is 27.2 Å². The predicted octanol–water partition coefficient (Wildman–Crippen LogP) is 2.28. The van der Waals surface area contributed by atoms with Gasteiger partial charge in [-0.1, -0.05) is 20.8 Å². The lowest BCUT2D eigenvalue weighted by Gasteiger charge is -2.41. The molecule has 0 aromatic rings. The smallest absolute Gasteiger partial charge is 0.260 e. The normalized spacial score (nSPS) is 35.5. The maximum Gasteiger partial charge on any atom is 0.260 e. The number of alkyl halides is 2. The average molecular weight is 177 g/mol. The Hall–Kier alpha value is -0.180. The zero-order valence-corrected chi connectivity index (χ0v) is 7.95. The van der Waals surface area contributed by atoms with Crippen LogP contribution >= 0.6 is 0 Å². The predicted molar refractivity (Wildman–Crippen MR) is 45.4 cm³/mol. The highest BCUT2D eigenvalue weighted by Gasteiger charge is 2.44. The molecule has 1 atom stereocenters. The van der Waals surface area contributed by atoms with Gasteiger partial charge in [-0.15, -0.1) is 0 Å². The van der Waals surface area contributed by atoms with Gasteiger partial charge < -0.3 is 5.32 Å². The Kier molecular flexibility index (Phi) is 2.43. The summed E-state index contributed by atoms with van der Waals surface area (Å²) in [4.78, 5) is 0. The minimum absolute atomic E-state index is 0.0185. The molecule has 0 aromatic heterocycles. The molecule has 1 rings (SSSR count). The van der Waals surface area contributed by atoms with Crippen LogP contribution in [-0.4, -0.2) is 19.0 Å². The van der Waals surface area contributed by atoms with E-state index in [1.807, 2.05) is 20.8 Å². The van der Waals surface area contributed by atoms with Gasteiger partial charge in [0.2, 0.25) is 0 Å². The molecule has 0 aromatic carbocycles. The molecule has 1 aliphatic heterocycles. The van der Waals surface area contributed by atoms with Gasteiger partial charge in [-0.05, 0) is 11.3 Å². The van der Waals surface area contributed by atoms with E-state index in [4.69, 9.17) is 0 Å². The van der Waals surface area contributed by atoms with Gasteiger partial charge in [0.1, 0.15) is 0 Å². The minimum atomic E-state index is -2.52. The summed E-state index contributed by atoms with van der Waals surface area (Å²) in [6.45, 7) is 6.49. The summed E-state index contributed by atoms with van der Waals surface area (Å²) < 4.78 is 26.0. The van der Waals surface area contributed by atoms with Crippen LogP contribution < -0.4 is 5.32 Å². The summed E-state index contributed by atoms with van der Waals surface area (Å²) in [7, 11) is 0. The lowest BCUT2D eigenvalue weighted by Crippen LogP contribution is -2.51. The molecule has 1 unspecified atom stereocenters. The van der Waals surface area contributed by atoms with E-state index in [-0.39, 0.29) is 18.4 Å². The first-order chi connectivity index (χ1) is 5.36. The molecule has 1 nitrogen and oxygen atoms in total. The molecule has 1 saturated heterocycles. The van der Waals surface area contributed by atoms with Crippen LogP contribution in [0.3, 0.4) is 0 Å². The van der Waals surface area contributed by atoms with Crippen molar-refractivity contribution in [3.8, 4) is 0 Å². The SMILES string of the molecule is CC(C)C1(C)CNCC(F)(F)C1. The second-order valence-electron chi connectivity index (χ2n) is 4.45. The van der Waals surface area contributed by atoms with Gasteiger partial charge in [0.25, 0.3) is 5.92 Å². The van der Waals surface area contributed by atoms with Gasteiger partial charge in [-0.25, -0.2) is 8.78 Å². The van der Waals surface area contributed by atoms with Crippen molar-refractivity contribution in [2.75, 3.05) is 13.1 Å². The van der Waals surface area contributed by atoms with Crippen LogP contribution in [0.25, 0.3) is 0 Å². The van der Waals surface area contributed by atoms with Crippen molar-refractivity contribution in [3.05, 3.63) is 0 Å². The highest BCUT2D eigenvalue weighted by atomic mass is 19.3. The maximum absolute atomic E-state index is 13.0. The molecule has 3 heteroatoms. The van der Waals surface area contributed by atoms with Gasteiger partial charge >= 0.3 is 0 Å². The Morgan fingerprint density at radius 1 is 1.25 bits per heavy atom. The fraction of sp³-hybridized carbons (Fsp3) is 1.00. The fourth-order valence-electron chi connectivity index (χ4n) is 1.66. The third-order valence-electron chi connectivity index (χ3n) is 2.97. The topological polar surface area (TPSA) is 12.0 Å². The van der Waals surface area contributed by atoms with Crippen molar-refractivity contribution in [2.24, 2.45) is 11.3 Å². The van der Waals surface area contributed by atoms with Gasteiger partial charge in [0.15, 0.2) is 0 Å². The lowest BCUT2D eigenvalue weighted by atomic mass is 9.72. The summed E-state index contributed by atoms with van der Waals surface area (Å²) in [6, 6.07) is 0. The van der Waals surface area contributed by atoms with E-state index in [2.05, 4.69) is 5.32 Å². The molecule has 0 bridgehead atoms. The minimum Gasteiger partial charge on any atom is -0.311 e. The summed E-state index contributed by atoms with van der Waals surface area (Å²) in [5.74, 6) is -2.21. The van der Waals surface area contributed by atoms with Crippen molar-refractivity contribution in [1.29, 1.82) is 0 Å². The molecular weight excluding hydrogens is 160 g/mol. The van der Waals surface area contributed by atoms with Crippen LogP contribution in [0.4, 0.5) is 8.78 Å². The molecular formula is C9H17F2N. The molecule has 1 heterocycles. The molecule has 0 spiro atoms. The first kappa shape index (κ1) is 9.90. The van der Waals surface area contributed by atoms with Gasteiger partial charge in [-0.2, -0.15) is 0 Å². The van der Waals surface area contributed by atoms with E-state index in [1.54, 1.807) is 0 Å². The molecule has 0 radical (unpaired) electrons. The van der Waals surface area contributed by atoms with Gasteiger partial charge in [-0.3, -0.25) is 0 Å². The van der Waals surface area contributed by atoms with Gasteiger partial charge in [0, 0.05) is 13.0 Å². The number of nitrogens with one attached hydrogen (secondary N) is 1. The molecule has 72 valence electrons. The monoisotopic (exact) mass is 177 g/mol. The zero-order valence-electron chi connectivity index (χ0n) is 7.95. The van der Waals surface area contributed by atoms with Crippen molar-refractivity contribution in [3.63, 3.8) is 0 Å². The van der Waals surface area contributed by atoms with Gasteiger partial charge in [0.05, 0.1) is 6.54 Å². The molecule has 0 saturated carbocycles. The molecule has 12 heavy (non-hydrogen) atoms. The van der Waals surface area contributed by atoms with E-state index < -0.39 is 5.92 Å². The van der Waals surface area contributed by atoms with Crippen molar-refractivity contribution < 1.29 is 8.78 Å². The summed E-state index contributed by atoms with van der Waals surface area (Å²) in [6.07, 6.45) is 0.0185. The van der Waals surface area contributed by atoms with E-state index in [1.165, 1.54) is 0 Å². The molecule has 0 amide bonds. The van der Waals surface area contributed by atoms with E-state index in [0.717, 1.165) is 0 Å². The quantitative estimate of drug-likeness (QED) is 0.648. The highest BCUT2D eigenvalue weighted by Crippen LogP contribution is 2.40. The van der Waals surface area contributed by atoms with Crippen LogP contribution in [-0.2, 0) is 0 Å². The Labute approximate surface area is 72.5 Å². The number of rotatable bonds is 1. The molecule has 1 fully saturated rings. The third-order valence-corrected chi connectivity index (χ3v) is 2.97. The summed E-state index contributed by atoms with van der Waals surface area (Å²) in [5.41, 5.74) is -0.248. The van der Waals surface area contributed by atoms with Crippen LogP contribution in [0.5, 0.6) is 0 Å². The zero-order chi connectivity index (χ0) is 9.41. The average Bonchev–Trinajstić information content (AvgIpc) is 1.83. The van der Waals surface area contributed by atoms with E-state index >= 15 is 0 Å². The summed E-state index contributed by atoms with van der Waals surface area (Å²) in [5, 5.41) is 2.80. The van der Waals surface area contributed by atoms with Crippen molar-refractivity contribution >= 4 is 0 Å². The number of hydrogen-bond donors (Lipinski definition) is 1. The summed E-state index contributed by atoms with van der Waals surface area (Å²) >= 11 is 0. The second kappa shape index (κ2) is 2.95. The second-order valence-corrected chi connectivity index (χ2v) is 4.45. The fourth-order valence-corrected chi connectivity index (χ4v) is 1.66. The van der Waals surface area contributed by atoms with Crippen LogP contribution in [0, 0.1) is 11.3 Å². The molecule has 1 N–H and O–H groups in total. The van der Waals surface area contributed by atoms with E-state index in [0.29, 0.717) is 12.5 Å². The molecule has 1 aliphatic rings. The third kappa shape index (κ3) is 1.94. The van der Waals surface area contributed by atoms with Crippen molar-refractivity contribution in [2.45, 2.75) is 33.1 Å². The Morgan fingerprint density at radius 2 is 1.83 bits per heavy atom. The molecule has 0 aliphatic carbocycles. The number of hydrogen-bond acceptors (Lipinski definition) is 1. The Balaban J connectivity index is 2.68. The van der Waals surface area contributed by atoms with Crippen LogP contribution in [0.15, 0.2) is 0 Å². The number of piperidine rings is 1. The van der Waals surface area contributed by atoms with Crippen molar-refractivity contribution in [1.82, 2.24) is 5.32 Å². The first-order valence-electron chi connectivity index (χ1n) is 4.44. The van der Waals surface area contributed by atoms with E-state index in [9.17, 15) is 8.78 Å². The Morgan fingerprint density at radius 3 is 2.17 bits per heavy atom. The highest BCUT2D eigenvalue weighted by molar-refractivity contribution is 4.91. The van der Waals surface area contributed by atoms with Crippen LogP contribution in [0.2, 0.25) is 0 Å².